The molecular weight excluding hydrogens is 470 g/mol. The summed E-state index contributed by atoms with van der Waals surface area (Å²) in [5, 5.41) is 9.10. The summed E-state index contributed by atoms with van der Waals surface area (Å²) in [6.45, 7) is 4.62. The zero-order valence-electron chi connectivity index (χ0n) is 19.1. The number of rotatable bonds is 11. The van der Waals surface area contributed by atoms with Gasteiger partial charge in [0, 0.05) is 17.0 Å². The maximum Gasteiger partial charge on any atom is 0.226 e. The first kappa shape index (κ1) is 24.3. The Kier molecular flexibility index (Phi) is 7.88. The number of nitrogens with one attached hydrogen (secondary N) is 1. The summed E-state index contributed by atoms with van der Waals surface area (Å²) >= 11 is 6.18. The molecule has 0 atom stereocenters. The van der Waals surface area contributed by atoms with Gasteiger partial charge < -0.3 is 10.1 Å². The minimum absolute atomic E-state index is 0.0160. The van der Waals surface area contributed by atoms with Crippen LogP contribution < -0.4 is 10.1 Å². The normalized spacial score (nSPS) is 11.7. The molecule has 1 heterocycles. The van der Waals surface area contributed by atoms with E-state index in [4.69, 9.17) is 16.3 Å². The van der Waals surface area contributed by atoms with E-state index in [2.05, 4.69) is 17.3 Å². The van der Waals surface area contributed by atoms with Crippen LogP contribution in [0.1, 0.15) is 25.3 Å². The number of aromatic nitrogens is 2. The molecule has 4 aromatic rings. The lowest BCUT2D eigenvalue weighted by atomic mass is 10.2. The van der Waals surface area contributed by atoms with E-state index in [0.29, 0.717) is 41.4 Å². The second-order valence-corrected chi connectivity index (χ2v) is 10.3. The fourth-order valence-corrected chi connectivity index (χ4v) is 5.40. The van der Waals surface area contributed by atoms with Crippen molar-refractivity contribution in [2.75, 3.05) is 19.7 Å². The van der Waals surface area contributed by atoms with Crippen LogP contribution >= 0.6 is 11.6 Å². The Hall–Kier alpha value is -2.87. The molecule has 0 aliphatic rings. The molecule has 0 amide bonds. The molecule has 1 N–H and O–H groups in total. The lowest BCUT2D eigenvalue weighted by molar-refractivity contribution is 0.315. The summed E-state index contributed by atoms with van der Waals surface area (Å²) < 4.78 is 34.8. The smallest absolute Gasteiger partial charge is 0.226 e. The monoisotopic (exact) mass is 497 g/mol. The molecule has 0 radical (unpaired) electrons. The van der Waals surface area contributed by atoms with Crippen LogP contribution in [0.3, 0.4) is 0 Å². The molecule has 0 saturated carbocycles. The minimum atomic E-state index is -3.82. The molecule has 0 spiro atoms. The van der Waals surface area contributed by atoms with E-state index in [0.717, 1.165) is 24.9 Å². The summed E-state index contributed by atoms with van der Waals surface area (Å²) in [6.07, 6.45) is 2.25. The number of hydrogen-bond acceptors (Lipinski definition) is 5. The fourth-order valence-electron chi connectivity index (χ4n) is 3.78. The number of halogens is 1. The third-order valence-electron chi connectivity index (χ3n) is 5.47. The molecule has 0 aliphatic heterocycles. The minimum Gasteiger partial charge on any atom is -0.490 e. The predicted octanol–water partition coefficient (Wildman–Crippen LogP) is 5.34. The van der Waals surface area contributed by atoms with Crippen LogP contribution in [0.25, 0.3) is 10.9 Å². The summed E-state index contributed by atoms with van der Waals surface area (Å²) in [5.41, 5.74) is 1.56. The van der Waals surface area contributed by atoms with Gasteiger partial charge in [0.25, 0.3) is 0 Å². The second kappa shape index (κ2) is 11.0. The van der Waals surface area contributed by atoms with Crippen LogP contribution in [0.2, 0.25) is 5.02 Å². The maximum atomic E-state index is 13.5. The zero-order chi connectivity index (χ0) is 24.0. The van der Waals surface area contributed by atoms with E-state index in [9.17, 15) is 8.42 Å². The van der Waals surface area contributed by atoms with Crippen molar-refractivity contribution in [1.29, 1.82) is 0 Å². The Bertz CT molecular complexity index is 1350. The second-order valence-electron chi connectivity index (χ2n) is 8.01. The molecule has 1 aromatic heterocycles. The van der Waals surface area contributed by atoms with Gasteiger partial charge >= 0.3 is 0 Å². The van der Waals surface area contributed by atoms with Crippen LogP contribution in [-0.4, -0.2) is 37.9 Å². The molecule has 4 rings (SSSR count). The Morgan fingerprint density at radius 1 is 1.00 bits per heavy atom. The molecule has 34 heavy (non-hydrogen) atoms. The zero-order valence-corrected chi connectivity index (χ0v) is 20.6. The van der Waals surface area contributed by atoms with Crippen molar-refractivity contribution in [2.45, 2.75) is 36.2 Å². The number of sulfone groups is 1. The van der Waals surface area contributed by atoms with Crippen molar-refractivity contribution in [1.82, 2.24) is 15.1 Å². The molecule has 8 heteroatoms. The quantitative estimate of drug-likeness (QED) is 0.283. The standard InChI is InChI=1S/C26H28ClN3O3S/c1-2-3-15-28-16-17-33-24-14-8-13-23-25(24)30(19-20-9-7-10-21(27)18-20)29-26(23)34(31,32)22-11-5-4-6-12-22/h4-14,18,28H,2-3,15-17,19H2,1H3. The van der Waals surface area contributed by atoms with Gasteiger partial charge in [0.05, 0.1) is 11.4 Å². The van der Waals surface area contributed by atoms with Crippen LogP contribution in [0.15, 0.2) is 82.7 Å². The Morgan fingerprint density at radius 2 is 1.79 bits per heavy atom. The highest BCUT2D eigenvalue weighted by Gasteiger charge is 2.27. The third kappa shape index (κ3) is 5.43. The first-order valence-corrected chi connectivity index (χ1v) is 13.2. The summed E-state index contributed by atoms with van der Waals surface area (Å²) in [5.74, 6) is 0.596. The van der Waals surface area contributed by atoms with E-state index in [1.807, 2.05) is 24.3 Å². The van der Waals surface area contributed by atoms with Crippen molar-refractivity contribution in [3.05, 3.63) is 83.4 Å². The fraction of sp³-hybridized carbons (Fsp3) is 0.269. The lowest BCUT2D eigenvalue weighted by Crippen LogP contribution is -2.22. The van der Waals surface area contributed by atoms with Gasteiger partial charge in [-0.3, -0.25) is 4.68 Å². The van der Waals surface area contributed by atoms with Crippen LogP contribution in [0.5, 0.6) is 5.75 Å². The number of fused-ring (bicyclic) bond motifs is 1. The number of unbranched alkanes of at least 4 members (excludes halogenated alkanes) is 1. The Labute approximate surface area is 205 Å². The molecule has 0 bridgehead atoms. The average Bonchev–Trinajstić information content (AvgIpc) is 3.22. The van der Waals surface area contributed by atoms with Gasteiger partial charge in [-0.1, -0.05) is 61.3 Å². The molecule has 178 valence electrons. The number of ether oxygens (including phenoxy) is 1. The van der Waals surface area contributed by atoms with E-state index < -0.39 is 9.84 Å². The van der Waals surface area contributed by atoms with Crippen molar-refractivity contribution < 1.29 is 13.2 Å². The van der Waals surface area contributed by atoms with Gasteiger partial charge in [0.15, 0.2) is 5.03 Å². The maximum absolute atomic E-state index is 13.5. The highest BCUT2D eigenvalue weighted by Crippen LogP contribution is 2.33. The average molecular weight is 498 g/mol. The number of hydrogen-bond donors (Lipinski definition) is 1. The number of para-hydroxylation sites is 1. The van der Waals surface area contributed by atoms with E-state index in [1.54, 1.807) is 53.2 Å². The molecule has 0 aliphatic carbocycles. The van der Waals surface area contributed by atoms with Gasteiger partial charge in [0.2, 0.25) is 9.84 Å². The molecule has 6 nitrogen and oxygen atoms in total. The molecule has 3 aromatic carbocycles. The highest BCUT2D eigenvalue weighted by molar-refractivity contribution is 7.91. The van der Waals surface area contributed by atoms with Gasteiger partial charge in [-0.2, -0.15) is 5.10 Å². The predicted molar refractivity (Wildman–Crippen MR) is 135 cm³/mol. The van der Waals surface area contributed by atoms with E-state index in [1.165, 1.54) is 0 Å². The topological polar surface area (TPSA) is 73.2 Å². The van der Waals surface area contributed by atoms with Crippen molar-refractivity contribution in [2.24, 2.45) is 0 Å². The third-order valence-corrected chi connectivity index (χ3v) is 7.41. The van der Waals surface area contributed by atoms with Crippen LogP contribution in [0.4, 0.5) is 0 Å². The highest BCUT2D eigenvalue weighted by atomic mass is 35.5. The first-order chi connectivity index (χ1) is 16.5. The number of benzene rings is 3. The van der Waals surface area contributed by atoms with Gasteiger partial charge in [-0.05, 0) is 54.9 Å². The summed E-state index contributed by atoms with van der Waals surface area (Å²) in [6, 6.07) is 21.3. The lowest BCUT2D eigenvalue weighted by Gasteiger charge is -2.11. The van der Waals surface area contributed by atoms with E-state index in [-0.39, 0.29) is 9.92 Å². The van der Waals surface area contributed by atoms with Crippen molar-refractivity contribution in [3.8, 4) is 5.75 Å². The molecule has 0 fully saturated rings. The SMILES string of the molecule is CCCCNCCOc1cccc2c(S(=O)(=O)c3ccccc3)nn(Cc3cccc(Cl)c3)c12. The summed E-state index contributed by atoms with van der Waals surface area (Å²) in [7, 11) is -3.82. The largest absolute Gasteiger partial charge is 0.490 e. The van der Waals surface area contributed by atoms with Crippen LogP contribution in [0, 0.1) is 0 Å². The Morgan fingerprint density at radius 3 is 2.56 bits per heavy atom. The Balaban J connectivity index is 1.75. The van der Waals surface area contributed by atoms with Crippen molar-refractivity contribution in [3.63, 3.8) is 0 Å². The molecular formula is C26H28ClN3O3S. The number of nitrogens with zero attached hydrogens (tertiary/aromatic N) is 2. The van der Waals surface area contributed by atoms with Gasteiger partial charge in [-0.25, -0.2) is 8.42 Å². The van der Waals surface area contributed by atoms with Crippen LogP contribution in [-0.2, 0) is 16.4 Å². The van der Waals surface area contributed by atoms with E-state index >= 15 is 0 Å². The summed E-state index contributed by atoms with van der Waals surface area (Å²) in [4.78, 5) is 0.204. The molecule has 0 saturated heterocycles. The van der Waals surface area contributed by atoms with Crippen molar-refractivity contribution >= 4 is 32.3 Å². The van der Waals surface area contributed by atoms with Gasteiger partial charge in [0.1, 0.15) is 17.9 Å². The van der Waals surface area contributed by atoms with Gasteiger partial charge in [-0.15, -0.1) is 0 Å². The molecule has 0 unspecified atom stereocenters. The first-order valence-electron chi connectivity index (χ1n) is 11.4.